The minimum atomic E-state index is 0.0665. The number of nitrogens with zero attached hydrogens (tertiary/aromatic N) is 2. The van der Waals surface area contributed by atoms with E-state index in [4.69, 9.17) is 11.6 Å². The topological polar surface area (TPSA) is 37.8 Å². The van der Waals surface area contributed by atoms with Crippen molar-refractivity contribution in [3.05, 3.63) is 46.2 Å². The Morgan fingerprint density at radius 2 is 2.29 bits per heavy atom. The van der Waals surface area contributed by atoms with Crippen LogP contribution in [0.5, 0.6) is 0 Å². The number of nitrogens with one attached hydrogen (secondary N) is 1. The third-order valence-electron chi connectivity index (χ3n) is 2.61. The number of hydrogen-bond donors (Lipinski definition) is 1. The number of aryl methyl sites for hydroxylation is 1. The normalized spacial score (nSPS) is 12.6. The molecule has 0 aliphatic heterocycles. The highest BCUT2D eigenvalue weighted by molar-refractivity contribution is 6.99. The monoisotopic (exact) mass is 267 g/mol. The summed E-state index contributed by atoms with van der Waals surface area (Å²) in [5.74, 6) is 0. The fraction of sp³-hybridized carbons (Fsp3) is 0.333. The van der Waals surface area contributed by atoms with E-state index in [1.54, 1.807) is 6.20 Å². The van der Waals surface area contributed by atoms with Gasteiger partial charge < -0.3 is 5.32 Å². The van der Waals surface area contributed by atoms with Gasteiger partial charge in [-0.1, -0.05) is 30.7 Å². The maximum Gasteiger partial charge on any atom is 0.0957 e. The average molecular weight is 268 g/mol. The Balaban J connectivity index is 2.35. The summed E-state index contributed by atoms with van der Waals surface area (Å²) in [5.41, 5.74) is 3.15. The minimum Gasteiger partial charge on any atom is -0.305 e. The SMILES string of the molecule is CCNC(c1ccc(C)c(Cl)c1)c1cnsn1. The molecule has 1 aromatic heterocycles. The lowest BCUT2D eigenvalue weighted by atomic mass is 10.0. The van der Waals surface area contributed by atoms with Crippen LogP contribution in [-0.4, -0.2) is 15.3 Å². The van der Waals surface area contributed by atoms with Gasteiger partial charge in [0.15, 0.2) is 0 Å². The lowest BCUT2D eigenvalue weighted by Gasteiger charge is -2.16. The highest BCUT2D eigenvalue weighted by Crippen LogP contribution is 2.25. The van der Waals surface area contributed by atoms with Crippen molar-refractivity contribution in [3.63, 3.8) is 0 Å². The van der Waals surface area contributed by atoms with Crippen molar-refractivity contribution in [1.29, 1.82) is 0 Å². The van der Waals surface area contributed by atoms with E-state index >= 15 is 0 Å². The summed E-state index contributed by atoms with van der Waals surface area (Å²) in [6.45, 7) is 4.94. The van der Waals surface area contributed by atoms with Crippen LogP contribution in [0, 0.1) is 6.92 Å². The lowest BCUT2D eigenvalue weighted by Crippen LogP contribution is -2.22. The fourth-order valence-electron chi connectivity index (χ4n) is 1.69. The van der Waals surface area contributed by atoms with Gasteiger partial charge >= 0.3 is 0 Å². The first-order valence-electron chi connectivity index (χ1n) is 5.49. The fourth-order valence-corrected chi connectivity index (χ4v) is 2.32. The number of rotatable bonds is 4. The van der Waals surface area contributed by atoms with Gasteiger partial charge in [-0.25, -0.2) is 0 Å². The van der Waals surface area contributed by atoms with Gasteiger partial charge in [0.05, 0.1) is 29.7 Å². The van der Waals surface area contributed by atoms with Gasteiger partial charge in [0.25, 0.3) is 0 Å². The maximum atomic E-state index is 6.16. The molecule has 0 bridgehead atoms. The van der Waals surface area contributed by atoms with Crippen LogP contribution in [0.2, 0.25) is 5.02 Å². The molecule has 0 aliphatic carbocycles. The van der Waals surface area contributed by atoms with Gasteiger partial charge in [0.2, 0.25) is 0 Å². The predicted octanol–water partition coefficient (Wildman–Crippen LogP) is 3.20. The van der Waals surface area contributed by atoms with Gasteiger partial charge in [-0.3, -0.25) is 0 Å². The van der Waals surface area contributed by atoms with E-state index in [9.17, 15) is 0 Å². The molecule has 0 saturated carbocycles. The zero-order chi connectivity index (χ0) is 12.3. The van der Waals surface area contributed by atoms with E-state index < -0.39 is 0 Å². The molecule has 2 aromatic rings. The van der Waals surface area contributed by atoms with Crippen molar-refractivity contribution in [3.8, 4) is 0 Å². The molecule has 3 nitrogen and oxygen atoms in total. The van der Waals surface area contributed by atoms with Crippen LogP contribution in [0.3, 0.4) is 0 Å². The van der Waals surface area contributed by atoms with Crippen LogP contribution in [-0.2, 0) is 0 Å². The molecule has 0 amide bonds. The molecule has 17 heavy (non-hydrogen) atoms. The van der Waals surface area contributed by atoms with Crippen LogP contribution in [0.1, 0.15) is 29.8 Å². The first-order chi connectivity index (χ1) is 8.22. The zero-order valence-corrected chi connectivity index (χ0v) is 11.3. The molecule has 1 atom stereocenters. The largest absolute Gasteiger partial charge is 0.305 e. The Kier molecular flexibility index (Phi) is 4.10. The highest BCUT2D eigenvalue weighted by Gasteiger charge is 2.16. The average Bonchev–Trinajstić information content (AvgIpc) is 2.83. The summed E-state index contributed by atoms with van der Waals surface area (Å²) in [7, 11) is 0. The number of hydrogen-bond acceptors (Lipinski definition) is 4. The standard InChI is InChI=1S/C12H14ClN3S/c1-3-14-12(11-7-15-17-16-11)9-5-4-8(2)10(13)6-9/h4-7,12,14H,3H2,1-2H3. The van der Waals surface area contributed by atoms with E-state index in [-0.39, 0.29) is 6.04 Å². The second kappa shape index (κ2) is 5.58. The summed E-state index contributed by atoms with van der Waals surface area (Å²) in [6, 6.07) is 6.16. The van der Waals surface area contributed by atoms with Gasteiger partial charge in [0.1, 0.15) is 0 Å². The van der Waals surface area contributed by atoms with Crippen LogP contribution in [0.15, 0.2) is 24.4 Å². The number of benzene rings is 1. The molecule has 0 saturated heterocycles. The van der Waals surface area contributed by atoms with Crippen LogP contribution in [0.25, 0.3) is 0 Å². The molecule has 0 fully saturated rings. The maximum absolute atomic E-state index is 6.16. The molecule has 0 spiro atoms. The van der Waals surface area contributed by atoms with Crippen LogP contribution < -0.4 is 5.32 Å². The summed E-state index contributed by atoms with van der Waals surface area (Å²) < 4.78 is 8.34. The molecule has 2 rings (SSSR count). The first kappa shape index (κ1) is 12.5. The second-order valence-corrected chi connectivity index (χ2v) is 4.80. The van der Waals surface area contributed by atoms with Crippen molar-refractivity contribution < 1.29 is 0 Å². The first-order valence-corrected chi connectivity index (χ1v) is 6.60. The molecular formula is C12H14ClN3S. The van der Waals surface area contributed by atoms with Crippen molar-refractivity contribution in [1.82, 2.24) is 14.1 Å². The molecule has 5 heteroatoms. The van der Waals surface area contributed by atoms with E-state index in [1.165, 1.54) is 11.7 Å². The van der Waals surface area contributed by atoms with Crippen molar-refractivity contribution >= 4 is 23.3 Å². The Bertz CT molecular complexity index is 485. The smallest absolute Gasteiger partial charge is 0.0957 e. The lowest BCUT2D eigenvalue weighted by molar-refractivity contribution is 0.620. The van der Waals surface area contributed by atoms with Crippen molar-refractivity contribution in [2.75, 3.05) is 6.54 Å². The molecule has 0 aliphatic rings. The van der Waals surface area contributed by atoms with Gasteiger partial charge in [-0.05, 0) is 30.7 Å². The van der Waals surface area contributed by atoms with E-state index in [0.29, 0.717) is 0 Å². The Morgan fingerprint density at radius 1 is 1.47 bits per heavy atom. The summed E-state index contributed by atoms with van der Waals surface area (Å²) in [6.07, 6.45) is 1.80. The zero-order valence-electron chi connectivity index (χ0n) is 9.77. The Hall–Kier alpha value is -0.970. The highest BCUT2D eigenvalue weighted by atomic mass is 35.5. The van der Waals surface area contributed by atoms with Crippen LogP contribution in [0.4, 0.5) is 0 Å². The third-order valence-corrected chi connectivity index (χ3v) is 3.51. The van der Waals surface area contributed by atoms with Gasteiger partial charge in [-0.2, -0.15) is 8.75 Å². The van der Waals surface area contributed by atoms with Crippen LogP contribution >= 0.6 is 23.3 Å². The van der Waals surface area contributed by atoms with Crippen molar-refractivity contribution in [2.45, 2.75) is 19.9 Å². The molecular weight excluding hydrogens is 254 g/mol. The predicted molar refractivity (Wildman–Crippen MR) is 71.6 cm³/mol. The summed E-state index contributed by atoms with van der Waals surface area (Å²) >= 11 is 7.38. The molecule has 90 valence electrons. The summed E-state index contributed by atoms with van der Waals surface area (Å²) in [4.78, 5) is 0. The molecule has 0 radical (unpaired) electrons. The number of halogens is 1. The summed E-state index contributed by atoms with van der Waals surface area (Å²) in [5, 5.41) is 4.18. The third kappa shape index (κ3) is 2.83. The van der Waals surface area contributed by atoms with E-state index in [0.717, 1.165) is 28.4 Å². The van der Waals surface area contributed by atoms with Gasteiger partial charge in [-0.15, -0.1) is 0 Å². The number of aromatic nitrogens is 2. The molecule has 1 heterocycles. The minimum absolute atomic E-state index is 0.0665. The molecule has 1 unspecified atom stereocenters. The Labute approximate surface area is 110 Å². The van der Waals surface area contributed by atoms with Crippen molar-refractivity contribution in [2.24, 2.45) is 0 Å². The second-order valence-electron chi connectivity index (χ2n) is 3.83. The van der Waals surface area contributed by atoms with E-state index in [2.05, 4.69) is 27.1 Å². The molecule has 1 aromatic carbocycles. The quantitative estimate of drug-likeness (QED) is 0.924. The Morgan fingerprint density at radius 3 is 2.88 bits per heavy atom. The molecule has 1 N–H and O–H groups in total. The van der Waals surface area contributed by atoms with Gasteiger partial charge in [0, 0.05) is 5.02 Å². The van der Waals surface area contributed by atoms with E-state index in [1.807, 2.05) is 19.1 Å².